The van der Waals surface area contributed by atoms with Gasteiger partial charge in [0.05, 0.1) is 12.5 Å². The Labute approximate surface area is 120 Å². The molecule has 0 spiro atoms. The quantitative estimate of drug-likeness (QED) is 0.604. The molecule has 0 N–H and O–H groups in total. The molecule has 0 aromatic carbocycles. The van der Waals surface area contributed by atoms with Crippen molar-refractivity contribution in [2.45, 2.75) is 74.7 Å². The summed E-state index contributed by atoms with van der Waals surface area (Å²) < 4.78 is 5.48. The highest BCUT2D eigenvalue weighted by atomic mass is 16.5. The van der Waals surface area contributed by atoms with E-state index in [1.165, 1.54) is 0 Å². The Balaban J connectivity index is 4.36. The number of esters is 1. The van der Waals surface area contributed by atoms with Gasteiger partial charge in [-0.15, -0.1) is 0 Å². The molecular weight excluding hydrogens is 236 g/mol. The van der Waals surface area contributed by atoms with E-state index in [9.17, 15) is 4.79 Å². The van der Waals surface area contributed by atoms with Crippen LogP contribution in [0.25, 0.3) is 0 Å². The van der Waals surface area contributed by atoms with Crippen LogP contribution in [0, 0.1) is 22.7 Å². The van der Waals surface area contributed by atoms with Gasteiger partial charge in [-0.05, 0) is 23.2 Å². The number of ether oxygens (including phenoxy) is 1. The molecular formula is C17H34O2. The van der Waals surface area contributed by atoms with Crippen LogP contribution in [0.4, 0.5) is 0 Å². The maximum absolute atomic E-state index is 12.2. The zero-order chi connectivity index (χ0) is 15.3. The molecule has 0 radical (unpaired) electrons. The van der Waals surface area contributed by atoms with Gasteiger partial charge in [-0.2, -0.15) is 0 Å². The van der Waals surface area contributed by atoms with Crippen molar-refractivity contribution in [3.05, 3.63) is 0 Å². The molecule has 114 valence electrons. The van der Waals surface area contributed by atoms with Crippen molar-refractivity contribution >= 4 is 5.97 Å². The summed E-state index contributed by atoms with van der Waals surface area (Å²) in [6.45, 7) is 17.8. The number of carbonyl (C=O) groups is 1. The van der Waals surface area contributed by atoms with Gasteiger partial charge in [0, 0.05) is 0 Å². The first-order chi connectivity index (χ1) is 8.57. The average Bonchev–Trinajstić information content (AvgIpc) is 2.32. The Morgan fingerprint density at radius 3 is 1.89 bits per heavy atom. The summed E-state index contributed by atoms with van der Waals surface area (Å²) >= 11 is 0. The van der Waals surface area contributed by atoms with Crippen LogP contribution in [0.15, 0.2) is 0 Å². The van der Waals surface area contributed by atoms with E-state index in [-0.39, 0.29) is 22.7 Å². The van der Waals surface area contributed by atoms with E-state index in [0.717, 1.165) is 19.3 Å². The third-order valence-corrected chi connectivity index (χ3v) is 5.29. The van der Waals surface area contributed by atoms with Crippen LogP contribution in [0.1, 0.15) is 74.7 Å². The standard InChI is InChI=1S/C17H34O2/c1-9-14(10-2)11-12-19-15(18)13(3)17(7,8)16(4,5)6/h13-14H,9-12H2,1-8H3. The molecule has 1 unspecified atom stereocenters. The fourth-order valence-corrected chi connectivity index (χ4v) is 2.09. The van der Waals surface area contributed by atoms with E-state index < -0.39 is 0 Å². The van der Waals surface area contributed by atoms with E-state index in [2.05, 4.69) is 48.5 Å². The van der Waals surface area contributed by atoms with Gasteiger partial charge in [-0.3, -0.25) is 4.79 Å². The molecule has 0 aliphatic heterocycles. The van der Waals surface area contributed by atoms with Crippen molar-refractivity contribution in [2.75, 3.05) is 6.61 Å². The van der Waals surface area contributed by atoms with Gasteiger partial charge in [0.1, 0.15) is 0 Å². The second-order valence-corrected chi connectivity index (χ2v) is 7.33. The monoisotopic (exact) mass is 270 g/mol. The zero-order valence-corrected chi connectivity index (χ0v) is 14.3. The van der Waals surface area contributed by atoms with Gasteiger partial charge in [0.25, 0.3) is 0 Å². The molecule has 0 fully saturated rings. The Kier molecular flexibility index (Phi) is 7.10. The molecule has 0 bridgehead atoms. The van der Waals surface area contributed by atoms with E-state index >= 15 is 0 Å². The maximum Gasteiger partial charge on any atom is 0.309 e. The molecule has 2 nitrogen and oxygen atoms in total. The molecule has 0 aliphatic rings. The van der Waals surface area contributed by atoms with Crippen LogP contribution >= 0.6 is 0 Å². The second-order valence-electron chi connectivity index (χ2n) is 7.33. The van der Waals surface area contributed by atoms with E-state index in [1.54, 1.807) is 0 Å². The summed E-state index contributed by atoms with van der Waals surface area (Å²) in [7, 11) is 0. The summed E-state index contributed by atoms with van der Waals surface area (Å²) in [6.07, 6.45) is 3.32. The Bertz CT molecular complexity index is 269. The van der Waals surface area contributed by atoms with E-state index in [4.69, 9.17) is 4.74 Å². The van der Waals surface area contributed by atoms with Crippen LogP contribution in [0.2, 0.25) is 0 Å². The van der Waals surface area contributed by atoms with Crippen LogP contribution in [0.5, 0.6) is 0 Å². The Morgan fingerprint density at radius 2 is 1.53 bits per heavy atom. The van der Waals surface area contributed by atoms with Crippen LogP contribution < -0.4 is 0 Å². The summed E-state index contributed by atoms with van der Waals surface area (Å²) in [5.41, 5.74) is 0.0137. The molecule has 0 saturated heterocycles. The highest BCUT2D eigenvalue weighted by Crippen LogP contribution is 2.44. The number of rotatable bonds is 7. The van der Waals surface area contributed by atoms with Crippen molar-refractivity contribution in [2.24, 2.45) is 22.7 Å². The molecule has 0 aromatic rings. The number of hydrogen-bond acceptors (Lipinski definition) is 2. The zero-order valence-electron chi connectivity index (χ0n) is 14.3. The summed E-state index contributed by atoms with van der Waals surface area (Å²) in [5, 5.41) is 0. The minimum absolute atomic E-state index is 0.0501. The van der Waals surface area contributed by atoms with Gasteiger partial charge in [0.2, 0.25) is 0 Å². The SMILES string of the molecule is CCC(CC)CCOC(=O)C(C)C(C)(C)C(C)(C)C. The van der Waals surface area contributed by atoms with Crippen molar-refractivity contribution in [3.63, 3.8) is 0 Å². The molecule has 0 rings (SSSR count). The summed E-state index contributed by atoms with van der Waals surface area (Å²) in [4.78, 5) is 12.2. The predicted molar refractivity (Wildman–Crippen MR) is 82.0 cm³/mol. The van der Waals surface area contributed by atoms with Crippen LogP contribution in [-0.2, 0) is 9.53 Å². The predicted octanol–water partition coefficient (Wildman–Crippen LogP) is 5.06. The fourth-order valence-electron chi connectivity index (χ4n) is 2.09. The number of hydrogen-bond donors (Lipinski definition) is 0. The Hall–Kier alpha value is -0.530. The fraction of sp³-hybridized carbons (Fsp3) is 0.941. The lowest BCUT2D eigenvalue weighted by Crippen LogP contribution is -2.40. The van der Waals surface area contributed by atoms with E-state index in [1.807, 2.05) is 6.92 Å². The third-order valence-electron chi connectivity index (χ3n) is 5.29. The van der Waals surface area contributed by atoms with Crippen LogP contribution in [0.3, 0.4) is 0 Å². The topological polar surface area (TPSA) is 26.3 Å². The first-order valence-electron chi connectivity index (χ1n) is 7.74. The Morgan fingerprint density at radius 1 is 1.05 bits per heavy atom. The van der Waals surface area contributed by atoms with Gasteiger partial charge in [0.15, 0.2) is 0 Å². The minimum Gasteiger partial charge on any atom is -0.465 e. The normalized spacial score (nSPS) is 14.6. The molecule has 0 amide bonds. The summed E-state index contributed by atoms with van der Waals surface area (Å²) in [5.74, 6) is 0.554. The molecule has 0 heterocycles. The molecule has 0 aliphatic carbocycles. The van der Waals surface area contributed by atoms with Gasteiger partial charge in [-0.25, -0.2) is 0 Å². The van der Waals surface area contributed by atoms with Gasteiger partial charge in [-0.1, -0.05) is 68.2 Å². The largest absolute Gasteiger partial charge is 0.465 e. The van der Waals surface area contributed by atoms with Crippen molar-refractivity contribution in [3.8, 4) is 0 Å². The molecule has 19 heavy (non-hydrogen) atoms. The van der Waals surface area contributed by atoms with Gasteiger partial charge >= 0.3 is 5.97 Å². The lowest BCUT2D eigenvalue weighted by molar-refractivity contribution is -0.155. The molecule has 2 heteroatoms. The smallest absolute Gasteiger partial charge is 0.309 e. The third kappa shape index (κ3) is 5.16. The first kappa shape index (κ1) is 18.5. The van der Waals surface area contributed by atoms with Crippen molar-refractivity contribution < 1.29 is 9.53 Å². The molecule has 0 saturated carbocycles. The van der Waals surface area contributed by atoms with Crippen molar-refractivity contribution in [1.29, 1.82) is 0 Å². The lowest BCUT2D eigenvalue weighted by Gasteiger charge is -2.42. The summed E-state index contributed by atoms with van der Waals surface area (Å²) in [6, 6.07) is 0. The highest BCUT2D eigenvalue weighted by Gasteiger charge is 2.41. The minimum atomic E-state index is -0.0748. The highest BCUT2D eigenvalue weighted by molar-refractivity contribution is 5.73. The second kappa shape index (κ2) is 7.31. The number of carbonyl (C=O) groups excluding carboxylic acids is 1. The maximum atomic E-state index is 12.2. The van der Waals surface area contributed by atoms with E-state index in [0.29, 0.717) is 12.5 Å². The van der Waals surface area contributed by atoms with Crippen molar-refractivity contribution in [1.82, 2.24) is 0 Å². The average molecular weight is 270 g/mol. The van der Waals surface area contributed by atoms with Gasteiger partial charge < -0.3 is 4.74 Å². The molecule has 1 atom stereocenters. The lowest BCUT2D eigenvalue weighted by atomic mass is 9.62. The first-order valence-corrected chi connectivity index (χ1v) is 7.74. The molecule has 0 aromatic heterocycles. The van der Waals surface area contributed by atoms with Crippen LogP contribution in [-0.4, -0.2) is 12.6 Å².